The van der Waals surface area contributed by atoms with E-state index in [0.29, 0.717) is 18.1 Å². The van der Waals surface area contributed by atoms with Gasteiger partial charge in [-0.3, -0.25) is 4.57 Å². The third kappa shape index (κ3) is 15.1. The molecule has 0 aliphatic heterocycles. The summed E-state index contributed by atoms with van der Waals surface area (Å²) in [4.78, 5) is 17.2. The third-order valence-corrected chi connectivity index (χ3v) is 8.34. The van der Waals surface area contributed by atoms with Gasteiger partial charge in [-0.1, -0.05) is 95.8 Å². The molecule has 46 heavy (non-hydrogen) atoms. The van der Waals surface area contributed by atoms with Gasteiger partial charge in [0.2, 0.25) is 0 Å². The lowest BCUT2D eigenvalue weighted by molar-refractivity contribution is 0.145. The Morgan fingerprint density at radius 1 is 0.935 bits per heavy atom. The van der Waals surface area contributed by atoms with E-state index >= 15 is 0 Å². The number of carbonyl (C=O) groups is 1. The normalized spacial score (nSPS) is 9.78. The van der Waals surface area contributed by atoms with Crippen LogP contribution in [0.1, 0.15) is 103 Å². The quantitative estimate of drug-likeness (QED) is 0.155. The van der Waals surface area contributed by atoms with Crippen molar-refractivity contribution in [2.24, 2.45) is 5.73 Å². The van der Waals surface area contributed by atoms with E-state index in [9.17, 15) is 9.36 Å². The highest BCUT2D eigenvalue weighted by Crippen LogP contribution is 2.48. The van der Waals surface area contributed by atoms with E-state index in [4.69, 9.17) is 34.0 Å². The molecule has 1 heterocycles. The molecule has 3 rings (SSSR count). The second-order valence-corrected chi connectivity index (χ2v) is 11.8. The van der Waals surface area contributed by atoms with Crippen molar-refractivity contribution in [1.29, 1.82) is 0 Å². The molecule has 0 saturated heterocycles. The van der Waals surface area contributed by atoms with Crippen LogP contribution in [0.2, 0.25) is 0 Å². The van der Waals surface area contributed by atoms with Crippen molar-refractivity contribution in [3.63, 3.8) is 0 Å². The monoisotopic (exact) mass is 689 g/mol. The van der Waals surface area contributed by atoms with Crippen molar-refractivity contribution in [3.05, 3.63) is 65.6 Å². The first-order chi connectivity index (χ1) is 18.7. The number of hydrogen-bond acceptors (Lipinski definition) is 9. The number of nitrogens with zero attached hydrogens (tertiary/aromatic N) is 2. The number of primary amides is 1. The molecule has 10 nitrogen and oxygen atoms in total. The minimum absolute atomic E-state index is 0. The lowest BCUT2D eigenvalue weighted by Crippen LogP contribution is -2.15. The topological polar surface area (TPSA) is 124 Å². The summed E-state index contributed by atoms with van der Waals surface area (Å²) < 4.78 is 41.5. The molecule has 0 spiro atoms. The van der Waals surface area contributed by atoms with Crippen LogP contribution in [0.5, 0.6) is 11.5 Å². The molecule has 12 heteroatoms. The van der Waals surface area contributed by atoms with E-state index in [1.165, 1.54) is 0 Å². The second-order valence-electron chi connectivity index (χ2n) is 8.71. The van der Waals surface area contributed by atoms with Gasteiger partial charge in [0.15, 0.2) is 13.0 Å². The van der Waals surface area contributed by atoms with Crippen molar-refractivity contribution in [3.8, 4) is 11.5 Å². The number of benzene rings is 2. The van der Waals surface area contributed by atoms with E-state index in [2.05, 4.69) is 13.8 Å². The van der Waals surface area contributed by atoms with Crippen LogP contribution in [0.15, 0.2) is 58.5 Å². The maximum Gasteiger partial charge on any atom is 0.404 e. The predicted molar refractivity (Wildman–Crippen MR) is 197 cm³/mol. The Kier molecular flexibility index (Phi) is 28.7. The summed E-state index contributed by atoms with van der Waals surface area (Å²) in [5, 5.41) is 0.927. The highest BCUT2D eigenvalue weighted by molar-refractivity contribution is 7.99. The van der Waals surface area contributed by atoms with E-state index in [1.54, 1.807) is 44.9 Å². The molecule has 0 atom stereocenters. The zero-order valence-electron chi connectivity index (χ0n) is 22.9. The molecule has 1 aromatic heterocycles. The van der Waals surface area contributed by atoms with Gasteiger partial charge in [-0.25, -0.2) is 9.78 Å². The zero-order valence-corrected chi connectivity index (χ0v) is 24.6. The number of imidazole rings is 1. The highest BCUT2D eigenvalue weighted by Gasteiger charge is 2.25. The van der Waals surface area contributed by atoms with Crippen molar-refractivity contribution >= 4 is 25.5 Å². The molecule has 0 bridgehead atoms. The first-order valence-corrected chi connectivity index (χ1v) is 15.2. The number of nitrogens with two attached hydrogens (primary N) is 1. The number of aromatic nitrogens is 2. The standard InChI is InChI=1S/C27H36N3O7PS.7CH4/c1-6-36-38(32,37-7-2)18-35-21-13-11-20(12-14-21)16-30-24(17-34-27(28)31)29-25(19(3)4)26(30)39-23-10-8-9-22(15-23)33-5;;;;;;;/h8-15,19H,6-7,16-18H2,1-5H3,(H2,28,31);7*1H4. The summed E-state index contributed by atoms with van der Waals surface area (Å²) in [6.07, 6.45) is -1.04. The van der Waals surface area contributed by atoms with E-state index < -0.39 is 13.7 Å². The molecular weight excluding hydrogens is 625 g/mol. The molecular formula is C34H64N3O7PS. The van der Waals surface area contributed by atoms with Gasteiger partial charge in [-0.2, -0.15) is 0 Å². The summed E-state index contributed by atoms with van der Waals surface area (Å²) in [5.74, 6) is 1.99. The third-order valence-electron chi connectivity index (χ3n) is 5.48. The smallest absolute Gasteiger partial charge is 0.404 e. The lowest BCUT2D eigenvalue weighted by Gasteiger charge is -2.17. The molecule has 1 amide bonds. The molecule has 2 aromatic carbocycles. The van der Waals surface area contributed by atoms with Crippen LogP contribution < -0.4 is 15.2 Å². The number of carbonyl (C=O) groups excluding carboxylic acids is 1. The maximum absolute atomic E-state index is 12.7. The fourth-order valence-electron chi connectivity index (χ4n) is 3.70. The van der Waals surface area contributed by atoms with E-state index in [-0.39, 0.29) is 84.1 Å². The average molecular weight is 690 g/mol. The summed E-state index contributed by atoms with van der Waals surface area (Å²) in [5.41, 5.74) is 7.09. The average Bonchev–Trinajstić information content (AvgIpc) is 3.24. The predicted octanol–water partition coefficient (Wildman–Crippen LogP) is 10.9. The largest absolute Gasteiger partial charge is 0.497 e. The van der Waals surface area contributed by atoms with Crippen molar-refractivity contribution in [2.45, 2.75) is 109 Å². The molecule has 0 aliphatic rings. The fraction of sp³-hybridized carbons (Fsp3) is 0.529. The minimum atomic E-state index is -3.32. The number of hydrogen-bond donors (Lipinski definition) is 1. The van der Waals surface area contributed by atoms with Gasteiger partial charge in [0, 0.05) is 11.4 Å². The Bertz CT molecular complexity index is 1270. The molecule has 0 radical (unpaired) electrons. The summed E-state index contributed by atoms with van der Waals surface area (Å²) >= 11 is 1.56. The second kappa shape index (κ2) is 25.2. The molecule has 268 valence electrons. The van der Waals surface area contributed by atoms with Crippen LogP contribution in [0, 0.1) is 0 Å². The number of rotatable bonds is 15. The molecule has 0 aliphatic carbocycles. The Morgan fingerprint density at radius 3 is 2.02 bits per heavy atom. The molecule has 0 fully saturated rings. The van der Waals surface area contributed by atoms with Crippen molar-refractivity contribution in [2.75, 3.05) is 26.7 Å². The summed E-state index contributed by atoms with van der Waals surface area (Å²) in [6, 6.07) is 15.2. The van der Waals surface area contributed by atoms with Crippen LogP contribution in [0.3, 0.4) is 0 Å². The lowest BCUT2D eigenvalue weighted by atomic mass is 10.1. The van der Waals surface area contributed by atoms with Crippen LogP contribution in [0.4, 0.5) is 4.79 Å². The Balaban J connectivity index is -0.000000800. The number of ether oxygens (including phenoxy) is 3. The van der Waals surface area contributed by atoms with Gasteiger partial charge < -0.3 is 33.6 Å². The van der Waals surface area contributed by atoms with Crippen LogP contribution in [-0.4, -0.2) is 42.3 Å². The molecule has 3 aromatic rings. The van der Waals surface area contributed by atoms with Crippen molar-refractivity contribution < 1.29 is 32.6 Å². The van der Waals surface area contributed by atoms with E-state index in [0.717, 1.165) is 26.9 Å². The van der Waals surface area contributed by atoms with Gasteiger partial charge in [0.25, 0.3) is 0 Å². The fourth-order valence-corrected chi connectivity index (χ4v) is 6.23. The van der Waals surface area contributed by atoms with Gasteiger partial charge in [0.1, 0.15) is 22.3 Å². The van der Waals surface area contributed by atoms with E-state index in [1.807, 2.05) is 41.0 Å². The highest BCUT2D eigenvalue weighted by atomic mass is 32.2. The number of methoxy groups -OCH3 is 1. The maximum atomic E-state index is 12.7. The van der Waals surface area contributed by atoms with Crippen LogP contribution >= 0.6 is 19.4 Å². The Morgan fingerprint density at radius 2 is 1.52 bits per heavy atom. The first-order valence-electron chi connectivity index (χ1n) is 12.6. The molecule has 0 unspecified atom stereocenters. The zero-order chi connectivity index (χ0) is 28.4. The summed E-state index contributed by atoms with van der Waals surface area (Å²) in [6.45, 7) is 8.57. The van der Waals surface area contributed by atoms with Crippen LogP contribution in [-0.2, 0) is 31.5 Å². The Labute approximate surface area is 285 Å². The minimum Gasteiger partial charge on any atom is -0.497 e. The van der Waals surface area contributed by atoms with Gasteiger partial charge in [-0.15, -0.1) is 0 Å². The first kappa shape index (κ1) is 52.5. The van der Waals surface area contributed by atoms with Gasteiger partial charge >= 0.3 is 13.7 Å². The SMILES string of the molecule is C.C.C.C.C.C.C.CCOP(=O)(COc1ccc(Cn2c(COC(N)=O)nc(C(C)C)c2Sc2cccc(OC)c2)cc1)OCC. The van der Waals surface area contributed by atoms with Crippen molar-refractivity contribution in [1.82, 2.24) is 9.55 Å². The summed E-state index contributed by atoms with van der Waals surface area (Å²) in [7, 11) is -1.69. The van der Waals surface area contributed by atoms with Gasteiger partial charge in [0.05, 0.1) is 26.0 Å². The van der Waals surface area contributed by atoms with Gasteiger partial charge in [-0.05, 0) is 55.7 Å². The molecule has 0 saturated carbocycles. The number of amides is 1. The molecule has 2 N–H and O–H groups in total. The van der Waals surface area contributed by atoms with Crippen LogP contribution in [0.25, 0.3) is 0 Å². The Hall–Kier alpha value is -2.98.